The van der Waals surface area contributed by atoms with Gasteiger partial charge in [0.1, 0.15) is 0 Å². The summed E-state index contributed by atoms with van der Waals surface area (Å²) in [6.45, 7) is 15.3. The number of nitrogens with zero attached hydrogens (tertiary/aromatic N) is 1. The standard InChI is InChI=1S/C23H39N3O4S/c1-16-13-21(26-14-18(3)30-19(4)15-26)17(2)12-20(16)25-22(27)10-8-9-11-24-31(28,29)23(5,6)7/h12-13,18-19,24H,8-11,14-15H2,1-7H3,(H,25,27). The van der Waals surface area contributed by atoms with Gasteiger partial charge in [0.25, 0.3) is 0 Å². The number of unbranched alkanes of at least 4 members (excludes halogenated alkanes) is 1. The first-order valence-corrected chi connectivity index (χ1v) is 12.6. The fourth-order valence-corrected chi connectivity index (χ4v) is 4.54. The SMILES string of the molecule is Cc1cc(N2CC(C)OC(C)C2)c(C)cc1NC(=O)CCCCNS(=O)(=O)C(C)(C)C. The lowest BCUT2D eigenvalue weighted by Gasteiger charge is -2.38. The van der Waals surface area contributed by atoms with Crippen molar-refractivity contribution in [1.29, 1.82) is 0 Å². The van der Waals surface area contributed by atoms with Gasteiger partial charge in [-0.1, -0.05) is 0 Å². The highest BCUT2D eigenvalue weighted by atomic mass is 32.2. The Kier molecular flexibility index (Phi) is 8.53. The number of carbonyl (C=O) groups is 1. The molecule has 1 saturated heterocycles. The molecule has 2 unspecified atom stereocenters. The number of carbonyl (C=O) groups excluding carboxylic acids is 1. The molecule has 0 aliphatic carbocycles. The molecule has 1 fully saturated rings. The summed E-state index contributed by atoms with van der Waals surface area (Å²) in [6.07, 6.45) is 1.98. The second-order valence-corrected chi connectivity index (χ2v) is 12.2. The predicted molar refractivity (Wildman–Crippen MR) is 127 cm³/mol. The van der Waals surface area contributed by atoms with Crippen LogP contribution < -0.4 is 14.9 Å². The van der Waals surface area contributed by atoms with Gasteiger partial charge in [-0.05, 0) is 84.6 Å². The lowest BCUT2D eigenvalue weighted by atomic mass is 10.1. The van der Waals surface area contributed by atoms with Crippen molar-refractivity contribution in [2.45, 2.75) is 84.7 Å². The average Bonchev–Trinajstić information content (AvgIpc) is 2.62. The van der Waals surface area contributed by atoms with Crippen LogP contribution in [-0.2, 0) is 19.6 Å². The van der Waals surface area contributed by atoms with Crippen LogP contribution in [0.1, 0.15) is 65.0 Å². The molecule has 7 nitrogen and oxygen atoms in total. The van der Waals surface area contributed by atoms with E-state index in [4.69, 9.17) is 4.74 Å². The van der Waals surface area contributed by atoms with E-state index in [1.807, 2.05) is 13.0 Å². The number of sulfonamides is 1. The van der Waals surface area contributed by atoms with Gasteiger partial charge in [0.05, 0.1) is 17.0 Å². The maximum absolute atomic E-state index is 12.4. The minimum absolute atomic E-state index is 0.0532. The van der Waals surface area contributed by atoms with Gasteiger partial charge in [0, 0.05) is 37.4 Å². The number of ether oxygens (including phenoxy) is 1. The highest BCUT2D eigenvalue weighted by molar-refractivity contribution is 7.90. The minimum Gasteiger partial charge on any atom is -0.372 e. The lowest BCUT2D eigenvalue weighted by molar-refractivity contribution is -0.116. The molecule has 0 spiro atoms. The van der Waals surface area contributed by atoms with Crippen LogP contribution in [0.15, 0.2) is 12.1 Å². The molecule has 8 heteroatoms. The highest BCUT2D eigenvalue weighted by Crippen LogP contribution is 2.29. The van der Waals surface area contributed by atoms with Crippen molar-refractivity contribution in [2.75, 3.05) is 29.9 Å². The van der Waals surface area contributed by atoms with Crippen LogP contribution >= 0.6 is 0 Å². The molecule has 0 saturated carbocycles. The first-order valence-electron chi connectivity index (χ1n) is 11.1. The van der Waals surface area contributed by atoms with Gasteiger partial charge in [0.15, 0.2) is 0 Å². The minimum atomic E-state index is -3.34. The number of amides is 1. The summed E-state index contributed by atoms with van der Waals surface area (Å²) in [6, 6.07) is 4.17. The molecule has 2 atom stereocenters. The molecule has 31 heavy (non-hydrogen) atoms. The number of nitrogens with one attached hydrogen (secondary N) is 2. The quantitative estimate of drug-likeness (QED) is 0.586. The Morgan fingerprint density at radius 1 is 1.10 bits per heavy atom. The maximum atomic E-state index is 12.4. The second-order valence-electron chi connectivity index (χ2n) is 9.63. The van der Waals surface area contributed by atoms with Crippen LogP contribution in [0.4, 0.5) is 11.4 Å². The van der Waals surface area contributed by atoms with E-state index >= 15 is 0 Å². The van der Waals surface area contributed by atoms with Gasteiger partial charge < -0.3 is 15.0 Å². The van der Waals surface area contributed by atoms with E-state index in [-0.39, 0.29) is 18.1 Å². The first kappa shape index (κ1) is 25.6. The summed E-state index contributed by atoms with van der Waals surface area (Å²) in [7, 11) is -3.34. The molecule has 1 amide bonds. The number of benzene rings is 1. The van der Waals surface area contributed by atoms with E-state index in [1.54, 1.807) is 20.8 Å². The van der Waals surface area contributed by atoms with E-state index < -0.39 is 14.8 Å². The van der Waals surface area contributed by atoms with Gasteiger partial charge >= 0.3 is 0 Å². The van der Waals surface area contributed by atoms with Crippen molar-refractivity contribution in [1.82, 2.24) is 4.72 Å². The van der Waals surface area contributed by atoms with Gasteiger partial charge in [-0.15, -0.1) is 0 Å². The Balaban J connectivity index is 1.87. The molecule has 0 radical (unpaired) electrons. The van der Waals surface area contributed by atoms with Crippen molar-refractivity contribution >= 4 is 27.3 Å². The molecule has 176 valence electrons. The largest absolute Gasteiger partial charge is 0.372 e. The zero-order chi connectivity index (χ0) is 23.4. The van der Waals surface area contributed by atoms with Gasteiger partial charge in [-0.25, -0.2) is 13.1 Å². The van der Waals surface area contributed by atoms with E-state index in [0.717, 1.165) is 29.9 Å². The molecule has 1 aliphatic rings. The van der Waals surface area contributed by atoms with Crippen molar-refractivity contribution in [3.05, 3.63) is 23.3 Å². The summed E-state index contributed by atoms with van der Waals surface area (Å²) < 4.78 is 31.7. The number of hydrogen-bond acceptors (Lipinski definition) is 5. The van der Waals surface area contributed by atoms with Crippen molar-refractivity contribution in [3.8, 4) is 0 Å². The topological polar surface area (TPSA) is 87.7 Å². The van der Waals surface area contributed by atoms with Gasteiger partial charge in [-0.3, -0.25) is 4.79 Å². The molecule has 1 aromatic rings. The third kappa shape index (κ3) is 7.19. The van der Waals surface area contributed by atoms with Crippen molar-refractivity contribution < 1.29 is 17.9 Å². The Morgan fingerprint density at radius 2 is 1.71 bits per heavy atom. The summed E-state index contributed by atoms with van der Waals surface area (Å²) in [5, 5.41) is 3.01. The molecular weight excluding hydrogens is 414 g/mol. The number of aryl methyl sites for hydroxylation is 2. The summed E-state index contributed by atoms with van der Waals surface area (Å²) >= 11 is 0. The lowest BCUT2D eigenvalue weighted by Crippen LogP contribution is -2.45. The smallest absolute Gasteiger partial charge is 0.224 e. The van der Waals surface area contributed by atoms with E-state index in [9.17, 15) is 13.2 Å². The van der Waals surface area contributed by atoms with Crippen LogP contribution in [0.3, 0.4) is 0 Å². The third-order valence-corrected chi connectivity index (χ3v) is 7.70. The summed E-state index contributed by atoms with van der Waals surface area (Å²) in [5.41, 5.74) is 4.16. The first-order chi connectivity index (χ1) is 14.3. The molecule has 0 bridgehead atoms. The normalized spacial score (nSPS) is 20.0. The number of rotatable bonds is 8. The Labute approximate surface area is 188 Å². The van der Waals surface area contributed by atoms with E-state index in [1.165, 1.54) is 5.69 Å². The zero-order valence-electron chi connectivity index (χ0n) is 20.0. The number of morpholine rings is 1. The van der Waals surface area contributed by atoms with E-state index in [2.05, 4.69) is 41.8 Å². The van der Waals surface area contributed by atoms with Crippen LogP contribution in [0, 0.1) is 13.8 Å². The average molecular weight is 454 g/mol. The molecule has 2 rings (SSSR count). The van der Waals surface area contributed by atoms with E-state index in [0.29, 0.717) is 25.8 Å². The fraction of sp³-hybridized carbons (Fsp3) is 0.696. The summed E-state index contributed by atoms with van der Waals surface area (Å²) in [4.78, 5) is 14.7. The highest BCUT2D eigenvalue weighted by Gasteiger charge is 2.28. The third-order valence-electron chi connectivity index (χ3n) is 5.51. The van der Waals surface area contributed by atoms with Crippen LogP contribution in [0.2, 0.25) is 0 Å². The second kappa shape index (κ2) is 10.3. The van der Waals surface area contributed by atoms with Crippen LogP contribution in [0.5, 0.6) is 0 Å². The maximum Gasteiger partial charge on any atom is 0.224 e. The Hall–Kier alpha value is -1.64. The molecule has 0 aromatic heterocycles. The van der Waals surface area contributed by atoms with Crippen LogP contribution in [0.25, 0.3) is 0 Å². The van der Waals surface area contributed by atoms with Crippen LogP contribution in [-0.4, -0.2) is 50.9 Å². The predicted octanol–water partition coefficient (Wildman–Crippen LogP) is 3.74. The number of anilines is 2. The Bertz CT molecular complexity index is 868. The molecular formula is C23H39N3O4S. The van der Waals surface area contributed by atoms with Crippen molar-refractivity contribution in [3.63, 3.8) is 0 Å². The van der Waals surface area contributed by atoms with Gasteiger partial charge in [-0.2, -0.15) is 0 Å². The number of hydrogen-bond donors (Lipinski definition) is 2. The Morgan fingerprint density at radius 3 is 2.29 bits per heavy atom. The van der Waals surface area contributed by atoms with Gasteiger partial charge in [0.2, 0.25) is 15.9 Å². The molecule has 1 aromatic carbocycles. The fourth-order valence-electron chi connectivity index (χ4n) is 3.70. The molecule has 2 N–H and O–H groups in total. The van der Waals surface area contributed by atoms with Crippen molar-refractivity contribution in [2.24, 2.45) is 0 Å². The summed E-state index contributed by atoms with van der Waals surface area (Å²) in [5.74, 6) is -0.0532. The molecule has 1 aliphatic heterocycles. The monoisotopic (exact) mass is 453 g/mol. The zero-order valence-corrected chi connectivity index (χ0v) is 20.9. The molecule has 1 heterocycles.